The normalized spacial score (nSPS) is 17.7. The number of carbonyl (C=O) groups is 1. The lowest BCUT2D eigenvalue weighted by Crippen LogP contribution is -2.39. The van der Waals surface area contributed by atoms with Crippen LogP contribution < -0.4 is 0 Å². The van der Waals surface area contributed by atoms with Crippen molar-refractivity contribution >= 4 is 5.91 Å². The summed E-state index contributed by atoms with van der Waals surface area (Å²) >= 11 is 0. The van der Waals surface area contributed by atoms with Gasteiger partial charge in [0.1, 0.15) is 5.69 Å². The molecule has 0 radical (unpaired) electrons. The molecule has 0 aliphatic carbocycles. The van der Waals surface area contributed by atoms with Gasteiger partial charge >= 0.3 is 0 Å². The summed E-state index contributed by atoms with van der Waals surface area (Å²) < 4.78 is 3.77. The average Bonchev–Trinajstić information content (AvgIpc) is 3.18. The van der Waals surface area contributed by atoms with Crippen LogP contribution in [0.1, 0.15) is 30.3 Å². The second-order valence-corrected chi connectivity index (χ2v) is 6.48. The molecule has 0 spiro atoms. The molecule has 0 N–H and O–H groups in total. The van der Waals surface area contributed by atoms with Crippen molar-refractivity contribution < 1.29 is 4.79 Å². The maximum Gasteiger partial charge on any atom is 0.272 e. The molecule has 1 amide bonds. The van der Waals surface area contributed by atoms with Gasteiger partial charge in [-0.2, -0.15) is 5.10 Å². The zero-order chi connectivity index (χ0) is 16.9. The molecule has 1 unspecified atom stereocenters. The zero-order valence-corrected chi connectivity index (χ0v) is 14.5. The van der Waals surface area contributed by atoms with Gasteiger partial charge in [-0.15, -0.1) is 0 Å². The van der Waals surface area contributed by atoms with Crippen molar-refractivity contribution in [1.29, 1.82) is 0 Å². The second kappa shape index (κ2) is 7.61. The Kier molecular flexibility index (Phi) is 5.30. The van der Waals surface area contributed by atoms with Crippen LogP contribution in [0.2, 0.25) is 0 Å². The maximum absolute atomic E-state index is 12.6. The Balaban J connectivity index is 1.52. The lowest BCUT2D eigenvalue weighted by Gasteiger charge is -2.27. The van der Waals surface area contributed by atoms with Gasteiger partial charge in [0.2, 0.25) is 0 Å². The number of carbonyl (C=O) groups excluding carboxylic acids is 1. The number of hydrogen-bond acceptors (Lipinski definition) is 4. The number of rotatable bonds is 5. The highest BCUT2D eigenvalue weighted by molar-refractivity contribution is 5.92. The van der Waals surface area contributed by atoms with E-state index >= 15 is 0 Å². The molecule has 2 aromatic heterocycles. The van der Waals surface area contributed by atoms with E-state index in [9.17, 15) is 4.79 Å². The first-order chi connectivity index (χ1) is 11.6. The molecule has 1 saturated heterocycles. The second-order valence-electron chi connectivity index (χ2n) is 6.48. The fourth-order valence-electron chi connectivity index (χ4n) is 3.24. The molecule has 7 nitrogen and oxygen atoms in total. The van der Waals surface area contributed by atoms with Crippen LogP contribution in [0.15, 0.2) is 31.0 Å². The summed E-state index contributed by atoms with van der Waals surface area (Å²) in [5, 5.41) is 4.26. The number of aromatic nitrogens is 4. The van der Waals surface area contributed by atoms with Gasteiger partial charge in [0.05, 0.1) is 12.5 Å². The Labute approximate surface area is 142 Å². The Morgan fingerprint density at radius 3 is 2.88 bits per heavy atom. The molecular weight excluding hydrogens is 304 g/mol. The molecule has 0 saturated carbocycles. The van der Waals surface area contributed by atoms with Crippen molar-refractivity contribution in [2.75, 3.05) is 26.2 Å². The molecule has 24 heavy (non-hydrogen) atoms. The Bertz CT molecular complexity index is 650. The van der Waals surface area contributed by atoms with Gasteiger partial charge in [-0.1, -0.05) is 0 Å². The van der Waals surface area contributed by atoms with E-state index in [-0.39, 0.29) is 5.91 Å². The largest absolute Gasteiger partial charge is 0.336 e. The molecule has 0 aromatic carbocycles. The van der Waals surface area contributed by atoms with Crippen molar-refractivity contribution in [1.82, 2.24) is 29.1 Å². The van der Waals surface area contributed by atoms with Crippen molar-refractivity contribution in [2.45, 2.75) is 32.4 Å². The fraction of sp³-hybridized carbons (Fsp3) is 0.588. The van der Waals surface area contributed by atoms with E-state index in [4.69, 9.17) is 0 Å². The van der Waals surface area contributed by atoms with Crippen LogP contribution in [0.3, 0.4) is 0 Å². The van der Waals surface area contributed by atoms with E-state index in [0.29, 0.717) is 11.7 Å². The Morgan fingerprint density at radius 1 is 1.29 bits per heavy atom. The summed E-state index contributed by atoms with van der Waals surface area (Å²) in [5.74, 6) is 0.0843. The Hall–Kier alpha value is -2.15. The van der Waals surface area contributed by atoms with Crippen LogP contribution in [0.4, 0.5) is 0 Å². The Morgan fingerprint density at radius 2 is 2.17 bits per heavy atom. The number of hydrogen-bond donors (Lipinski definition) is 0. The minimum absolute atomic E-state index is 0.0843. The van der Waals surface area contributed by atoms with Crippen LogP contribution in [0.25, 0.3) is 0 Å². The number of nitrogens with zero attached hydrogens (tertiary/aromatic N) is 6. The lowest BCUT2D eigenvalue weighted by atomic mass is 10.2. The zero-order valence-electron chi connectivity index (χ0n) is 14.5. The summed E-state index contributed by atoms with van der Waals surface area (Å²) in [6.45, 7) is 6.74. The van der Waals surface area contributed by atoms with Crippen LogP contribution in [-0.2, 0) is 13.6 Å². The van der Waals surface area contributed by atoms with E-state index in [0.717, 1.165) is 45.6 Å². The minimum atomic E-state index is 0.0843. The molecule has 1 atom stereocenters. The molecular formula is C17H26N6O. The van der Waals surface area contributed by atoms with Gasteiger partial charge in [0.15, 0.2) is 0 Å². The standard InChI is InChI=1S/C17H26N6O/c1-15(5-10-23-9-3-6-19-23)21-7-4-8-22(12-11-21)17(24)16-13-18-14-20(16)2/h3,6,9,13-15H,4-5,7-8,10-12H2,1-2H3. The molecule has 1 fully saturated rings. The van der Waals surface area contributed by atoms with Crippen LogP contribution >= 0.6 is 0 Å². The third kappa shape index (κ3) is 3.84. The third-order valence-electron chi connectivity index (χ3n) is 4.81. The first-order valence-electron chi connectivity index (χ1n) is 8.62. The van der Waals surface area contributed by atoms with Gasteiger partial charge in [-0.05, 0) is 25.8 Å². The highest BCUT2D eigenvalue weighted by Crippen LogP contribution is 2.13. The topological polar surface area (TPSA) is 59.2 Å². The molecule has 1 aliphatic rings. The van der Waals surface area contributed by atoms with Crippen LogP contribution in [-0.4, -0.2) is 67.3 Å². The number of aryl methyl sites for hydroxylation is 2. The van der Waals surface area contributed by atoms with E-state index < -0.39 is 0 Å². The number of imidazole rings is 1. The van der Waals surface area contributed by atoms with Crippen molar-refractivity contribution in [3.8, 4) is 0 Å². The summed E-state index contributed by atoms with van der Waals surface area (Å²) in [6.07, 6.45) is 9.22. The first kappa shape index (κ1) is 16.7. The highest BCUT2D eigenvalue weighted by atomic mass is 16.2. The van der Waals surface area contributed by atoms with Crippen molar-refractivity contribution in [2.24, 2.45) is 7.05 Å². The lowest BCUT2D eigenvalue weighted by molar-refractivity contribution is 0.0748. The van der Waals surface area contributed by atoms with E-state index in [2.05, 4.69) is 21.9 Å². The number of amides is 1. The monoisotopic (exact) mass is 330 g/mol. The fourth-order valence-corrected chi connectivity index (χ4v) is 3.24. The predicted octanol–water partition coefficient (Wildman–Crippen LogP) is 1.24. The molecule has 2 aromatic rings. The molecule has 3 heterocycles. The van der Waals surface area contributed by atoms with E-state index in [1.807, 2.05) is 35.1 Å². The quantitative estimate of drug-likeness (QED) is 0.828. The van der Waals surface area contributed by atoms with Gasteiger partial charge in [-0.25, -0.2) is 4.98 Å². The third-order valence-corrected chi connectivity index (χ3v) is 4.81. The minimum Gasteiger partial charge on any atom is -0.336 e. The molecule has 1 aliphatic heterocycles. The molecule has 7 heteroatoms. The molecule has 0 bridgehead atoms. The highest BCUT2D eigenvalue weighted by Gasteiger charge is 2.24. The summed E-state index contributed by atoms with van der Waals surface area (Å²) in [5.41, 5.74) is 0.662. The van der Waals surface area contributed by atoms with Crippen LogP contribution in [0, 0.1) is 0 Å². The smallest absolute Gasteiger partial charge is 0.272 e. The summed E-state index contributed by atoms with van der Waals surface area (Å²) in [4.78, 5) is 21.1. The summed E-state index contributed by atoms with van der Waals surface area (Å²) in [7, 11) is 1.86. The van der Waals surface area contributed by atoms with Gasteiger partial charge in [0.25, 0.3) is 5.91 Å². The van der Waals surface area contributed by atoms with Gasteiger partial charge < -0.3 is 9.47 Å². The van der Waals surface area contributed by atoms with Crippen LogP contribution in [0.5, 0.6) is 0 Å². The van der Waals surface area contributed by atoms with Crippen molar-refractivity contribution in [3.63, 3.8) is 0 Å². The van der Waals surface area contributed by atoms with E-state index in [1.165, 1.54) is 0 Å². The maximum atomic E-state index is 12.6. The predicted molar refractivity (Wildman–Crippen MR) is 91.6 cm³/mol. The SMILES string of the molecule is CC(CCn1cccn1)N1CCCN(C(=O)c2cncn2C)CC1. The first-order valence-corrected chi connectivity index (χ1v) is 8.62. The van der Waals surface area contributed by atoms with Gasteiger partial charge in [0, 0.05) is 58.2 Å². The van der Waals surface area contributed by atoms with Crippen molar-refractivity contribution in [3.05, 3.63) is 36.7 Å². The molecule has 130 valence electrons. The molecule has 3 rings (SSSR count). The average molecular weight is 330 g/mol. The van der Waals surface area contributed by atoms with Gasteiger partial charge in [-0.3, -0.25) is 14.4 Å². The summed E-state index contributed by atoms with van der Waals surface area (Å²) in [6, 6.07) is 2.44. The van der Waals surface area contributed by atoms with E-state index in [1.54, 1.807) is 17.1 Å².